The van der Waals surface area contributed by atoms with E-state index in [1.165, 1.54) is 22.3 Å². The Morgan fingerprint density at radius 3 is 2.51 bits per heavy atom. The van der Waals surface area contributed by atoms with Gasteiger partial charge >= 0.3 is 0 Å². The minimum absolute atomic E-state index is 0.274. The molecular formula is C31H31Cl2FN2O. The first-order valence-electron chi connectivity index (χ1n) is 12.9. The van der Waals surface area contributed by atoms with E-state index in [9.17, 15) is 4.39 Å². The second-order valence-corrected chi connectivity index (χ2v) is 10.6. The number of aryl methyl sites for hydroxylation is 1. The van der Waals surface area contributed by atoms with E-state index in [2.05, 4.69) is 58.6 Å². The number of benzene rings is 3. The monoisotopic (exact) mass is 536 g/mol. The molecule has 1 aliphatic carbocycles. The fourth-order valence-corrected chi connectivity index (χ4v) is 6.06. The Morgan fingerprint density at radius 2 is 1.78 bits per heavy atom. The second kappa shape index (κ2) is 11.8. The van der Waals surface area contributed by atoms with Crippen LogP contribution >= 0.6 is 23.2 Å². The first-order valence-corrected chi connectivity index (χ1v) is 13.6. The van der Waals surface area contributed by atoms with Crippen molar-refractivity contribution in [3.63, 3.8) is 0 Å². The van der Waals surface area contributed by atoms with E-state index < -0.39 is 0 Å². The molecule has 3 aromatic rings. The summed E-state index contributed by atoms with van der Waals surface area (Å²) in [6.45, 7) is 2.27. The fourth-order valence-electron chi connectivity index (χ4n) is 5.54. The van der Waals surface area contributed by atoms with Gasteiger partial charge in [0.25, 0.3) is 0 Å². The number of fused-ring (bicyclic) bond motifs is 1. The zero-order valence-electron chi connectivity index (χ0n) is 21.0. The van der Waals surface area contributed by atoms with Crippen LogP contribution in [0.2, 0.25) is 10.0 Å². The van der Waals surface area contributed by atoms with E-state index in [-0.39, 0.29) is 12.6 Å². The van der Waals surface area contributed by atoms with Crippen LogP contribution in [0.3, 0.4) is 0 Å². The van der Waals surface area contributed by atoms with Gasteiger partial charge in [-0.15, -0.1) is 0 Å². The Balaban J connectivity index is 1.53. The summed E-state index contributed by atoms with van der Waals surface area (Å²) >= 11 is 13.0. The number of hydrogen-bond acceptors (Lipinski definition) is 3. The Hall–Kier alpha value is -2.66. The zero-order valence-corrected chi connectivity index (χ0v) is 22.5. The molecule has 0 amide bonds. The molecule has 0 unspecified atom stereocenters. The minimum atomic E-state index is -0.274. The third-order valence-corrected chi connectivity index (χ3v) is 7.88. The van der Waals surface area contributed by atoms with Crippen molar-refractivity contribution in [2.45, 2.75) is 25.7 Å². The average molecular weight is 538 g/mol. The molecule has 0 spiro atoms. The van der Waals surface area contributed by atoms with Crippen molar-refractivity contribution in [3.8, 4) is 0 Å². The molecule has 0 saturated carbocycles. The molecule has 0 aromatic heterocycles. The maximum atomic E-state index is 12.6. The van der Waals surface area contributed by atoms with Gasteiger partial charge < -0.3 is 9.74 Å². The lowest BCUT2D eigenvalue weighted by atomic mass is 9.86. The van der Waals surface area contributed by atoms with Crippen molar-refractivity contribution in [2.75, 3.05) is 33.4 Å². The molecule has 37 heavy (non-hydrogen) atoms. The summed E-state index contributed by atoms with van der Waals surface area (Å²) < 4.78 is 12.6. The molecule has 3 aromatic carbocycles. The highest BCUT2D eigenvalue weighted by Gasteiger charge is 2.32. The molecule has 0 atom stereocenters. The molecule has 0 radical (unpaired) electrons. The lowest BCUT2D eigenvalue weighted by Gasteiger charge is -2.39. The van der Waals surface area contributed by atoms with E-state index in [4.69, 9.17) is 28.0 Å². The predicted molar refractivity (Wildman–Crippen MR) is 152 cm³/mol. The number of rotatable bonds is 8. The lowest BCUT2D eigenvalue weighted by molar-refractivity contribution is 0.131. The van der Waals surface area contributed by atoms with E-state index >= 15 is 0 Å². The largest absolute Gasteiger partial charge is 0.399 e. The maximum Gasteiger partial charge on any atom is 0.106 e. The summed E-state index contributed by atoms with van der Waals surface area (Å²) in [5.74, 6) is 0.284. The SMILES string of the molecule is CON=C(c1ccc(C2=C(c3ccc(Cl)cc3Cl)CCCc3ccccc32)cc1)C1CN(CCCF)C1. The third kappa shape index (κ3) is 5.62. The lowest BCUT2D eigenvalue weighted by Crippen LogP contribution is -2.50. The fraction of sp³-hybridized carbons (Fsp3) is 0.323. The van der Waals surface area contributed by atoms with Gasteiger partial charge in [0.05, 0.1) is 12.4 Å². The Morgan fingerprint density at radius 1 is 1.00 bits per heavy atom. The van der Waals surface area contributed by atoms with Crippen LogP contribution in [0.4, 0.5) is 4.39 Å². The van der Waals surface area contributed by atoms with Crippen LogP contribution in [-0.4, -0.2) is 44.0 Å². The Kier molecular flexibility index (Phi) is 8.29. The van der Waals surface area contributed by atoms with Gasteiger partial charge in [-0.1, -0.05) is 83.0 Å². The molecule has 1 aliphatic heterocycles. The van der Waals surface area contributed by atoms with E-state index in [0.717, 1.165) is 61.3 Å². The number of nitrogens with zero attached hydrogens (tertiary/aromatic N) is 2. The number of halogens is 3. The van der Waals surface area contributed by atoms with Gasteiger partial charge in [0, 0.05) is 35.6 Å². The van der Waals surface area contributed by atoms with Crippen LogP contribution in [0.25, 0.3) is 11.1 Å². The smallest absolute Gasteiger partial charge is 0.106 e. The molecule has 0 N–H and O–H groups in total. The van der Waals surface area contributed by atoms with Crippen molar-refractivity contribution in [1.82, 2.24) is 4.90 Å². The summed E-state index contributed by atoms with van der Waals surface area (Å²) in [6.07, 6.45) is 3.59. The highest BCUT2D eigenvalue weighted by Crippen LogP contribution is 2.42. The maximum absolute atomic E-state index is 12.6. The number of likely N-dealkylation sites (tertiary alicyclic amines) is 1. The number of alkyl halides is 1. The van der Waals surface area contributed by atoms with Gasteiger partial charge in [-0.3, -0.25) is 4.39 Å². The van der Waals surface area contributed by atoms with Gasteiger partial charge in [-0.25, -0.2) is 0 Å². The van der Waals surface area contributed by atoms with Crippen LogP contribution in [0, 0.1) is 5.92 Å². The molecule has 3 nitrogen and oxygen atoms in total. The quantitative estimate of drug-likeness (QED) is 0.215. The van der Waals surface area contributed by atoms with Gasteiger partial charge in [0.15, 0.2) is 0 Å². The molecule has 1 heterocycles. The van der Waals surface area contributed by atoms with Crippen LogP contribution in [0.15, 0.2) is 71.9 Å². The normalized spacial score (nSPS) is 16.8. The first kappa shape index (κ1) is 26.0. The highest BCUT2D eigenvalue weighted by molar-refractivity contribution is 6.36. The summed E-state index contributed by atoms with van der Waals surface area (Å²) in [7, 11) is 1.59. The summed E-state index contributed by atoms with van der Waals surface area (Å²) in [4.78, 5) is 7.48. The van der Waals surface area contributed by atoms with Crippen molar-refractivity contribution in [3.05, 3.63) is 105 Å². The predicted octanol–water partition coefficient (Wildman–Crippen LogP) is 7.93. The van der Waals surface area contributed by atoms with Crippen molar-refractivity contribution >= 4 is 40.1 Å². The molecule has 192 valence electrons. The minimum Gasteiger partial charge on any atom is -0.399 e. The zero-order chi connectivity index (χ0) is 25.8. The number of oxime groups is 1. The Labute approximate surface area is 228 Å². The molecular weight excluding hydrogens is 506 g/mol. The topological polar surface area (TPSA) is 24.8 Å². The number of allylic oxidation sites excluding steroid dienone is 1. The molecule has 6 heteroatoms. The highest BCUT2D eigenvalue weighted by atomic mass is 35.5. The van der Waals surface area contributed by atoms with Crippen molar-refractivity contribution < 1.29 is 9.23 Å². The summed E-state index contributed by atoms with van der Waals surface area (Å²) in [5, 5.41) is 5.69. The summed E-state index contributed by atoms with van der Waals surface area (Å²) in [5.41, 5.74) is 9.24. The first-order chi connectivity index (χ1) is 18.1. The molecule has 5 rings (SSSR count). The van der Waals surface area contributed by atoms with Crippen molar-refractivity contribution in [2.24, 2.45) is 11.1 Å². The van der Waals surface area contributed by atoms with E-state index in [1.54, 1.807) is 7.11 Å². The Bertz CT molecular complexity index is 1310. The van der Waals surface area contributed by atoms with E-state index in [0.29, 0.717) is 16.5 Å². The molecule has 0 bridgehead atoms. The van der Waals surface area contributed by atoms with Gasteiger partial charge in [-0.2, -0.15) is 0 Å². The van der Waals surface area contributed by atoms with E-state index in [1.807, 2.05) is 18.2 Å². The summed E-state index contributed by atoms with van der Waals surface area (Å²) in [6, 6.07) is 23.1. The van der Waals surface area contributed by atoms with Crippen LogP contribution in [-0.2, 0) is 11.3 Å². The van der Waals surface area contributed by atoms with Gasteiger partial charge in [-0.05, 0) is 76.8 Å². The molecule has 1 saturated heterocycles. The van der Waals surface area contributed by atoms with Crippen LogP contribution in [0.5, 0.6) is 0 Å². The third-order valence-electron chi connectivity index (χ3n) is 7.33. The standard InChI is InChI=1S/C31H31Cl2FN2O/c1-37-35-31(24-19-36(20-24)17-5-16-34)23-12-10-22(11-13-23)30-26-8-3-2-6-21(26)7-4-9-28(30)27-15-14-25(32)18-29(27)33/h2-3,6,8,10-15,18,24H,4-5,7,9,16-17,19-20H2,1H3. The molecule has 1 fully saturated rings. The number of hydrogen-bond donors (Lipinski definition) is 0. The average Bonchev–Trinajstić information content (AvgIpc) is 3.07. The van der Waals surface area contributed by atoms with Gasteiger partial charge in [0.1, 0.15) is 7.11 Å². The van der Waals surface area contributed by atoms with Crippen LogP contribution in [0.1, 0.15) is 47.1 Å². The second-order valence-electron chi connectivity index (χ2n) is 9.72. The molecule has 2 aliphatic rings. The van der Waals surface area contributed by atoms with Gasteiger partial charge in [0.2, 0.25) is 0 Å². The van der Waals surface area contributed by atoms with Crippen LogP contribution < -0.4 is 0 Å². The van der Waals surface area contributed by atoms with Crippen molar-refractivity contribution in [1.29, 1.82) is 0 Å².